The van der Waals surface area contributed by atoms with Gasteiger partial charge in [0.15, 0.2) is 5.82 Å². The van der Waals surface area contributed by atoms with E-state index < -0.39 is 10.0 Å². The molecule has 216 valence electrons. The summed E-state index contributed by atoms with van der Waals surface area (Å²) in [7, 11) is -3.40. The number of carbonyl (C=O) groups is 2. The molecule has 1 aromatic carbocycles. The molecule has 0 saturated heterocycles. The number of rotatable bonds is 9. The van der Waals surface area contributed by atoms with Gasteiger partial charge in [0, 0.05) is 50.1 Å². The van der Waals surface area contributed by atoms with Crippen LogP contribution in [0.4, 0.5) is 11.5 Å². The lowest BCUT2D eigenvalue weighted by molar-refractivity contribution is -0.116. The highest BCUT2D eigenvalue weighted by Gasteiger charge is 2.20. The van der Waals surface area contributed by atoms with E-state index >= 15 is 0 Å². The van der Waals surface area contributed by atoms with Crippen molar-refractivity contribution in [1.29, 1.82) is 0 Å². The quantitative estimate of drug-likeness (QED) is 0.481. The molecule has 0 unspecified atom stereocenters. The fourth-order valence-corrected chi connectivity index (χ4v) is 5.26. The molecule has 11 heteroatoms. The van der Waals surface area contributed by atoms with E-state index in [-0.39, 0.29) is 17.6 Å². The summed E-state index contributed by atoms with van der Waals surface area (Å²) < 4.78 is 26.7. The number of nitrogens with zero attached hydrogens (tertiary/aromatic N) is 4. The number of benzene rings is 1. The molecule has 1 aliphatic heterocycles. The summed E-state index contributed by atoms with van der Waals surface area (Å²) in [5.41, 5.74) is 2.43. The average Bonchev–Trinajstić information content (AvgIpc) is 3.28. The number of nitrogens with one attached hydrogen (secondary N) is 2. The predicted molar refractivity (Wildman–Crippen MR) is 155 cm³/mol. The van der Waals surface area contributed by atoms with Crippen LogP contribution in [0.25, 0.3) is 0 Å². The molecule has 0 atom stereocenters. The van der Waals surface area contributed by atoms with Crippen LogP contribution in [0.3, 0.4) is 0 Å². The summed E-state index contributed by atoms with van der Waals surface area (Å²) in [6.45, 7) is 10.2. The summed E-state index contributed by atoms with van der Waals surface area (Å²) in [5.74, 6) is 0.655. The van der Waals surface area contributed by atoms with Crippen molar-refractivity contribution in [1.82, 2.24) is 20.0 Å². The van der Waals surface area contributed by atoms with Crippen molar-refractivity contribution in [3.8, 4) is 0 Å². The van der Waals surface area contributed by atoms with Gasteiger partial charge in [0.05, 0.1) is 12.8 Å². The van der Waals surface area contributed by atoms with E-state index in [9.17, 15) is 18.0 Å². The first-order valence-electron chi connectivity index (χ1n) is 13.9. The van der Waals surface area contributed by atoms with Gasteiger partial charge in [-0.15, -0.1) is 0 Å². The second-order valence-corrected chi connectivity index (χ2v) is 12.6. The third-order valence-corrected chi connectivity index (χ3v) is 7.42. The number of carbonyl (C=O) groups excluding carboxylic acids is 2. The van der Waals surface area contributed by atoms with Crippen LogP contribution in [0.5, 0.6) is 0 Å². The van der Waals surface area contributed by atoms with Gasteiger partial charge < -0.3 is 10.2 Å². The third-order valence-electron chi connectivity index (χ3n) is 6.84. The SMILES string of the molecule is CC(=O)N1CCCCCCCN(CCC(C)C)Cc2cc(C(=O)NCCn3ccc(NS(C)(=O)=O)n3)ccc21. The fourth-order valence-electron chi connectivity index (χ4n) is 4.77. The van der Waals surface area contributed by atoms with Crippen molar-refractivity contribution < 1.29 is 18.0 Å². The largest absolute Gasteiger partial charge is 0.350 e. The van der Waals surface area contributed by atoms with Crippen molar-refractivity contribution in [3.05, 3.63) is 41.6 Å². The van der Waals surface area contributed by atoms with Gasteiger partial charge in [-0.1, -0.05) is 33.1 Å². The Kier molecular flexibility index (Phi) is 11.4. The second kappa shape index (κ2) is 14.5. The minimum Gasteiger partial charge on any atom is -0.350 e. The van der Waals surface area contributed by atoms with Gasteiger partial charge in [-0.2, -0.15) is 5.10 Å². The maximum Gasteiger partial charge on any atom is 0.251 e. The maximum absolute atomic E-state index is 13.1. The number of anilines is 2. The topological polar surface area (TPSA) is 117 Å². The van der Waals surface area contributed by atoms with Crippen LogP contribution in [0.2, 0.25) is 0 Å². The number of sulfonamides is 1. The molecule has 2 amide bonds. The third kappa shape index (κ3) is 10.3. The zero-order chi connectivity index (χ0) is 28.4. The van der Waals surface area contributed by atoms with Gasteiger partial charge >= 0.3 is 0 Å². The highest BCUT2D eigenvalue weighted by Crippen LogP contribution is 2.26. The fraction of sp³-hybridized carbons (Fsp3) is 0.607. The number of amides is 2. The van der Waals surface area contributed by atoms with Crippen molar-refractivity contribution in [2.75, 3.05) is 42.1 Å². The van der Waals surface area contributed by atoms with E-state index in [2.05, 4.69) is 33.9 Å². The summed E-state index contributed by atoms with van der Waals surface area (Å²) in [6.07, 6.45) is 9.42. The van der Waals surface area contributed by atoms with Crippen LogP contribution in [0.1, 0.15) is 75.2 Å². The monoisotopic (exact) mass is 560 g/mol. The van der Waals surface area contributed by atoms with Crippen LogP contribution in [-0.2, 0) is 27.9 Å². The molecule has 1 aliphatic rings. The Morgan fingerprint density at radius 2 is 1.74 bits per heavy atom. The van der Waals surface area contributed by atoms with Crippen molar-refractivity contribution in [2.24, 2.45) is 5.92 Å². The molecule has 0 radical (unpaired) electrons. The van der Waals surface area contributed by atoms with E-state index in [4.69, 9.17) is 0 Å². The summed E-state index contributed by atoms with van der Waals surface area (Å²) in [6, 6.07) is 7.20. The molecular weight excluding hydrogens is 516 g/mol. The van der Waals surface area contributed by atoms with Gasteiger partial charge in [-0.05, 0) is 62.0 Å². The second-order valence-electron chi connectivity index (χ2n) is 10.8. The predicted octanol–water partition coefficient (Wildman–Crippen LogP) is 3.85. The van der Waals surface area contributed by atoms with Crippen LogP contribution in [0, 0.1) is 5.92 Å². The minimum absolute atomic E-state index is 0.0168. The van der Waals surface area contributed by atoms with Gasteiger partial charge in [0.2, 0.25) is 15.9 Å². The maximum atomic E-state index is 13.1. The van der Waals surface area contributed by atoms with E-state index in [1.165, 1.54) is 12.8 Å². The molecule has 0 fully saturated rings. The molecule has 0 aliphatic carbocycles. The highest BCUT2D eigenvalue weighted by atomic mass is 32.2. The van der Waals surface area contributed by atoms with Crippen LogP contribution in [0.15, 0.2) is 30.5 Å². The van der Waals surface area contributed by atoms with Gasteiger partial charge in [-0.25, -0.2) is 8.42 Å². The first-order chi connectivity index (χ1) is 18.5. The van der Waals surface area contributed by atoms with Crippen molar-refractivity contribution in [2.45, 2.75) is 72.4 Å². The molecule has 3 rings (SSSR count). The van der Waals surface area contributed by atoms with E-state index in [1.807, 2.05) is 17.0 Å². The van der Waals surface area contributed by atoms with E-state index in [1.54, 1.807) is 29.9 Å². The van der Waals surface area contributed by atoms with Crippen LogP contribution >= 0.6 is 0 Å². The Balaban J connectivity index is 1.76. The van der Waals surface area contributed by atoms with Crippen molar-refractivity contribution >= 4 is 33.3 Å². The Hall–Kier alpha value is -2.92. The smallest absolute Gasteiger partial charge is 0.251 e. The molecule has 0 saturated carbocycles. The Labute approximate surface area is 233 Å². The molecule has 1 aromatic heterocycles. The molecular formula is C28H44N6O4S. The van der Waals surface area contributed by atoms with Gasteiger partial charge in [0.1, 0.15) is 0 Å². The van der Waals surface area contributed by atoms with Crippen LogP contribution < -0.4 is 14.9 Å². The zero-order valence-corrected chi connectivity index (χ0v) is 24.6. The number of fused-ring (bicyclic) bond motifs is 1. The first-order valence-corrected chi connectivity index (χ1v) is 15.8. The van der Waals surface area contributed by atoms with E-state index in [0.29, 0.717) is 37.7 Å². The first kappa shape index (κ1) is 30.6. The lowest BCUT2D eigenvalue weighted by Crippen LogP contribution is -2.33. The molecule has 2 aromatic rings. The normalized spacial score (nSPS) is 15.8. The summed E-state index contributed by atoms with van der Waals surface area (Å²) in [5, 5.41) is 7.10. The van der Waals surface area contributed by atoms with Gasteiger partial charge in [0.25, 0.3) is 5.91 Å². The number of aromatic nitrogens is 2. The van der Waals surface area contributed by atoms with Crippen LogP contribution in [-0.4, -0.2) is 67.3 Å². The molecule has 2 N–H and O–H groups in total. The minimum atomic E-state index is -3.40. The molecule has 2 heterocycles. The zero-order valence-electron chi connectivity index (χ0n) is 23.8. The van der Waals surface area contributed by atoms with Crippen molar-refractivity contribution in [3.63, 3.8) is 0 Å². The van der Waals surface area contributed by atoms with Gasteiger partial charge in [-0.3, -0.25) is 23.9 Å². The van der Waals surface area contributed by atoms with E-state index in [0.717, 1.165) is 56.3 Å². The Morgan fingerprint density at radius 1 is 1.03 bits per heavy atom. The molecule has 39 heavy (non-hydrogen) atoms. The molecule has 0 spiro atoms. The summed E-state index contributed by atoms with van der Waals surface area (Å²) in [4.78, 5) is 30.0. The average molecular weight is 561 g/mol. The summed E-state index contributed by atoms with van der Waals surface area (Å²) >= 11 is 0. The lowest BCUT2D eigenvalue weighted by atomic mass is 10.0. The highest BCUT2D eigenvalue weighted by molar-refractivity contribution is 7.92. The number of hydrogen-bond acceptors (Lipinski definition) is 6. The number of hydrogen-bond donors (Lipinski definition) is 2. The standard InChI is InChI=1S/C28H44N6O4S/c1-22(2)12-17-32-15-8-6-5-7-9-16-34(23(3)35)26-11-10-24(20-25(26)21-32)28(36)29-14-19-33-18-13-27(30-33)31-39(4,37)38/h10-11,13,18,20,22H,5-9,12,14-17,19,21H2,1-4H3,(H,29,36)(H,30,31). The Bertz CT molecular complexity index is 1210. The Morgan fingerprint density at radius 3 is 2.44 bits per heavy atom. The molecule has 0 bridgehead atoms. The lowest BCUT2D eigenvalue weighted by Gasteiger charge is -2.29. The molecule has 10 nitrogen and oxygen atoms in total.